The van der Waals surface area contributed by atoms with Crippen LogP contribution in [0.2, 0.25) is 0 Å². The number of fused-ring (bicyclic) bond motifs is 1. The molecular formula is C28H26N8O2. The number of nitrogens with two attached hydrogens (primary N) is 2. The first-order valence-electron chi connectivity index (χ1n) is 11.9. The number of aromatic nitrogens is 5. The summed E-state index contributed by atoms with van der Waals surface area (Å²) in [5, 5.41) is 12.3. The maximum absolute atomic E-state index is 14.1. The van der Waals surface area contributed by atoms with Gasteiger partial charge in [-0.15, -0.1) is 0 Å². The summed E-state index contributed by atoms with van der Waals surface area (Å²) in [6.45, 7) is 1.80. The molecule has 10 nitrogen and oxygen atoms in total. The second-order valence-electron chi connectivity index (χ2n) is 8.93. The van der Waals surface area contributed by atoms with Crippen LogP contribution in [0.1, 0.15) is 40.1 Å². The van der Waals surface area contributed by atoms with Crippen molar-refractivity contribution in [2.75, 3.05) is 11.5 Å². The molecule has 0 aliphatic carbocycles. The molecule has 0 unspecified atom stereocenters. The zero-order valence-corrected chi connectivity index (χ0v) is 21.1. The summed E-state index contributed by atoms with van der Waals surface area (Å²) in [5.41, 5.74) is 14.4. The van der Waals surface area contributed by atoms with Gasteiger partial charge in [0.25, 0.3) is 11.5 Å². The van der Waals surface area contributed by atoms with Crippen LogP contribution in [-0.4, -0.2) is 30.0 Å². The van der Waals surface area contributed by atoms with E-state index in [0.717, 1.165) is 5.56 Å². The lowest BCUT2D eigenvalue weighted by atomic mass is 10.0. The van der Waals surface area contributed by atoms with Crippen LogP contribution >= 0.6 is 0 Å². The minimum atomic E-state index is -0.580. The molecule has 1 amide bonds. The number of amides is 1. The Labute approximate surface area is 218 Å². The number of nitrogen functional groups attached to an aromatic ring is 2. The third-order valence-corrected chi connectivity index (χ3v) is 6.27. The highest BCUT2D eigenvalue weighted by Gasteiger charge is 2.24. The molecule has 0 spiro atoms. The fourth-order valence-electron chi connectivity index (χ4n) is 4.41. The number of carbonyl (C=O) groups is 1. The van der Waals surface area contributed by atoms with Crippen molar-refractivity contribution in [2.24, 2.45) is 14.1 Å². The first kappa shape index (κ1) is 24.4. The second-order valence-corrected chi connectivity index (χ2v) is 8.93. The third kappa shape index (κ3) is 4.37. The van der Waals surface area contributed by atoms with Crippen molar-refractivity contribution < 1.29 is 4.79 Å². The van der Waals surface area contributed by atoms with E-state index in [9.17, 15) is 9.59 Å². The van der Waals surface area contributed by atoms with Crippen molar-refractivity contribution in [1.29, 1.82) is 0 Å². The lowest BCUT2D eigenvalue weighted by Gasteiger charge is -2.21. The number of hydrogen-bond acceptors (Lipinski definition) is 6. The smallest absolute Gasteiger partial charge is 0.264 e. The van der Waals surface area contributed by atoms with Crippen molar-refractivity contribution in [1.82, 2.24) is 29.4 Å². The molecule has 3 heterocycles. The summed E-state index contributed by atoms with van der Waals surface area (Å²) in [5.74, 6) is 5.92. The number of carbonyl (C=O) groups excluding carboxylic acids is 1. The van der Waals surface area contributed by atoms with Gasteiger partial charge >= 0.3 is 0 Å². The fourth-order valence-corrected chi connectivity index (χ4v) is 4.41. The zero-order valence-electron chi connectivity index (χ0n) is 21.1. The van der Waals surface area contributed by atoms with Gasteiger partial charge in [0.05, 0.1) is 23.2 Å². The quantitative estimate of drug-likeness (QED) is 0.320. The number of para-hydroxylation sites is 1. The number of anilines is 2. The second kappa shape index (κ2) is 9.63. The molecule has 2 aromatic carbocycles. The number of aryl methyl sites for hydroxylation is 2. The average molecular weight is 507 g/mol. The minimum Gasteiger partial charge on any atom is -0.383 e. The van der Waals surface area contributed by atoms with Crippen LogP contribution in [0.15, 0.2) is 71.8 Å². The largest absolute Gasteiger partial charge is 0.383 e. The average Bonchev–Trinajstić information content (AvgIpc) is 3.43. The van der Waals surface area contributed by atoms with Gasteiger partial charge in [-0.3, -0.25) is 23.5 Å². The van der Waals surface area contributed by atoms with Gasteiger partial charge in [0.1, 0.15) is 11.4 Å². The van der Waals surface area contributed by atoms with Gasteiger partial charge in [-0.1, -0.05) is 42.2 Å². The minimum absolute atomic E-state index is 0.0329. The van der Waals surface area contributed by atoms with E-state index in [2.05, 4.69) is 27.4 Å². The normalized spacial score (nSPS) is 11.7. The molecule has 1 atom stereocenters. The number of pyridine rings is 1. The molecule has 38 heavy (non-hydrogen) atoms. The van der Waals surface area contributed by atoms with Gasteiger partial charge in [-0.25, -0.2) is 0 Å². The van der Waals surface area contributed by atoms with Crippen LogP contribution in [0.4, 0.5) is 11.6 Å². The van der Waals surface area contributed by atoms with E-state index < -0.39 is 11.9 Å². The van der Waals surface area contributed by atoms with Crippen molar-refractivity contribution in [3.05, 3.63) is 99.7 Å². The Bertz CT molecular complexity index is 1800. The molecule has 10 heteroatoms. The van der Waals surface area contributed by atoms with E-state index in [4.69, 9.17) is 11.5 Å². The first-order chi connectivity index (χ1) is 18.2. The van der Waals surface area contributed by atoms with Gasteiger partial charge in [0, 0.05) is 37.2 Å². The predicted octanol–water partition coefficient (Wildman–Crippen LogP) is 2.51. The van der Waals surface area contributed by atoms with Crippen LogP contribution in [0.3, 0.4) is 0 Å². The molecule has 5 N–H and O–H groups in total. The summed E-state index contributed by atoms with van der Waals surface area (Å²) in [4.78, 5) is 27.2. The van der Waals surface area contributed by atoms with E-state index in [1.807, 2.05) is 67.8 Å². The number of nitrogens with zero attached hydrogens (tertiary/aromatic N) is 5. The molecule has 5 rings (SSSR count). The lowest BCUT2D eigenvalue weighted by Crippen LogP contribution is -2.32. The standard InChI is InChI=1S/C28H26N8O2/c1-17(32-27(37)24-25(29)33-35(3)26(24)30)22-14-20-9-7-8-19(13-12-18-15-31-34(2)16-18)23(20)28(38)36(22)21-10-5-4-6-11-21/h4-11,14-17H,30H2,1-3H3,(H2,29,33)(H,32,37)/t17-/m0/s1. The number of hydrogen-bond donors (Lipinski definition) is 3. The predicted molar refractivity (Wildman–Crippen MR) is 147 cm³/mol. The van der Waals surface area contributed by atoms with Gasteiger partial charge in [0.15, 0.2) is 5.82 Å². The van der Waals surface area contributed by atoms with Gasteiger partial charge in [-0.2, -0.15) is 10.2 Å². The SMILES string of the molecule is C[C@H](NC(=O)c1c(N)nn(C)c1N)c1cc2cccc(C#Cc3cnn(C)c3)c2c(=O)n1-c1ccccc1. The maximum Gasteiger partial charge on any atom is 0.264 e. The topological polar surface area (TPSA) is 139 Å². The molecular weight excluding hydrogens is 480 g/mol. The van der Waals surface area contributed by atoms with Crippen molar-refractivity contribution >= 4 is 28.3 Å². The molecule has 0 saturated heterocycles. The zero-order chi connectivity index (χ0) is 27.0. The monoisotopic (exact) mass is 506 g/mol. The third-order valence-electron chi connectivity index (χ3n) is 6.27. The van der Waals surface area contributed by atoms with E-state index in [1.165, 1.54) is 4.68 Å². The van der Waals surface area contributed by atoms with Crippen LogP contribution < -0.4 is 22.3 Å². The van der Waals surface area contributed by atoms with Gasteiger partial charge in [-0.05, 0) is 36.6 Å². The first-order valence-corrected chi connectivity index (χ1v) is 11.9. The molecule has 0 bridgehead atoms. The number of nitrogens with one attached hydrogen (secondary N) is 1. The van der Waals surface area contributed by atoms with Crippen molar-refractivity contribution in [3.63, 3.8) is 0 Å². The molecule has 0 radical (unpaired) electrons. The van der Waals surface area contributed by atoms with Gasteiger partial charge in [0.2, 0.25) is 0 Å². The summed E-state index contributed by atoms with van der Waals surface area (Å²) in [6.07, 6.45) is 3.48. The molecule has 5 aromatic rings. The van der Waals surface area contributed by atoms with Crippen molar-refractivity contribution in [2.45, 2.75) is 13.0 Å². The Hall–Kier alpha value is -5.30. The molecule has 190 valence electrons. The van der Waals surface area contributed by atoms with Gasteiger partial charge < -0.3 is 16.8 Å². The number of rotatable bonds is 4. The van der Waals surface area contributed by atoms with Crippen LogP contribution in [0, 0.1) is 11.8 Å². The highest BCUT2D eigenvalue weighted by atomic mass is 16.2. The van der Waals surface area contributed by atoms with Crippen LogP contribution in [-0.2, 0) is 14.1 Å². The Balaban J connectivity index is 1.65. The Morgan fingerprint density at radius 3 is 2.47 bits per heavy atom. The Morgan fingerprint density at radius 1 is 1.05 bits per heavy atom. The maximum atomic E-state index is 14.1. The molecule has 0 saturated carbocycles. The Morgan fingerprint density at radius 2 is 1.82 bits per heavy atom. The molecule has 0 fully saturated rings. The molecule has 0 aliphatic rings. The van der Waals surface area contributed by atoms with E-state index in [1.54, 1.807) is 29.4 Å². The molecule has 0 aliphatic heterocycles. The van der Waals surface area contributed by atoms with Crippen LogP contribution in [0.5, 0.6) is 0 Å². The summed E-state index contributed by atoms with van der Waals surface area (Å²) in [7, 11) is 3.43. The fraction of sp³-hybridized carbons (Fsp3) is 0.143. The van der Waals surface area contributed by atoms with E-state index in [-0.39, 0.29) is 22.8 Å². The van der Waals surface area contributed by atoms with E-state index >= 15 is 0 Å². The highest BCUT2D eigenvalue weighted by molar-refractivity contribution is 6.03. The lowest BCUT2D eigenvalue weighted by molar-refractivity contribution is 0.0940. The highest BCUT2D eigenvalue weighted by Crippen LogP contribution is 2.25. The summed E-state index contributed by atoms with van der Waals surface area (Å²) >= 11 is 0. The van der Waals surface area contributed by atoms with Crippen LogP contribution in [0.25, 0.3) is 16.5 Å². The van der Waals surface area contributed by atoms with E-state index in [0.29, 0.717) is 27.7 Å². The Kier molecular flexibility index (Phi) is 6.18. The molecule has 3 aromatic heterocycles. The summed E-state index contributed by atoms with van der Waals surface area (Å²) in [6, 6.07) is 16.1. The number of benzene rings is 2. The van der Waals surface area contributed by atoms with Crippen molar-refractivity contribution in [3.8, 4) is 17.5 Å². The summed E-state index contributed by atoms with van der Waals surface area (Å²) < 4.78 is 4.61.